The van der Waals surface area contributed by atoms with Crippen LogP contribution in [0.4, 0.5) is 5.69 Å². The van der Waals surface area contributed by atoms with E-state index in [1.54, 1.807) is 19.1 Å². The third-order valence-corrected chi connectivity index (χ3v) is 2.87. The number of nitrogen functional groups attached to an aromatic ring is 1. The van der Waals surface area contributed by atoms with Gasteiger partial charge >= 0.3 is 5.97 Å². The normalized spacial score (nSPS) is 17.9. The van der Waals surface area contributed by atoms with Crippen molar-refractivity contribution in [2.45, 2.75) is 13.0 Å². The molecule has 0 spiro atoms. The molecule has 1 aliphatic heterocycles. The second-order valence-electron chi connectivity index (χ2n) is 4.23. The Bertz CT molecular complexity index is 497. The van der Waals surface area contributed by atoms with Crippen LogP contribution in [-0.2, 0) is 0 Å². The molecule has 96 valence electrons. The molecule has 0 amide bonds. The highest BCUT2D eigenvalue weighted by Gasteiger charge is 2.19. The van der Waals surface area contributed by atoms with Gasteiger partial charge in [-0.3, -0.25) is 0 Å². The highest BCUT2D eigenvalue weighted by molar-refractivity contribution is 5.97. The number of nitrogens with one attached hydrogen (secondary N) is 1. The lowest BCUT2D eigenvalue weighted by Crippen LogP contribution is -2.29. The third-order valence-electron chi connectivity index (χ3n) is 2.87. The van der Waals surface area contributed by atoms with E-state index in [1.807, 2.05) is 12.2 Å². The summed E-state index contributed by atoms with van der Waals surface area (Å²) in [5.41, 5.74) is 6.71. The van der Waals surface area contributed by atoms with Gasteiger partial charge in [0.1, 0.15) is 17.9 Å². The van der Waals surface area contributed by atoms with Crippen LogP contribution in [-0.4, -0.2) is 30.3 Å². The standard InChI is InChI=1S/C13H16N2O3/c1-8-4-5-10(14)11(13(16)17)12(8)18-7-9-3-2-6-15-9/h2-5,9,15H,6-7,14H2,1H3,(H,16,17). The second-order valence-corrected chi connectivity index (χ2v) is 4.23. The quantitative estimate of drug-likeness (QED) is 0.550. The molecule has 1 aromatic rings. The number of hydrogen-bond donors (Lipinski definition) is 3. The molecule has 0 saturated carbocycles. The summed E-state index contributed by atoms with van der Waals surface area (Å²) in [6.07, 6.45) is 4.01. The number of anilines is 1. The molecular weight excluding hydrogens is 232 g/mol. The summed E-state index contributed by atoms with van der Waals surface area (Å²) in [5, 5.41) is 12.4. The zero-order valence-electron chi connectivity index (χ0n) is 10.1. The average Bonchev–Trinajstić information content (AvgIpc) is 2.82. The molecule has 5 nitrogen and oxygen atoms in total. The van der Waals surface area contributed by atoms with E-state index in [4.69, 9.17) is 10.5 Å². The third kappa shape index (κ3) is 2.46. The van der Waals surface area contributed by atoms with E-state index in [1.165, 1.54) is 0 Å². The van der Waals surface area contributed by atoms with Crippen LogP contribution in [0, 0.1) is 6.92 Å². The van der Waals surface area contributed by atoms with Crippen molar-refractivity contribution in [3.05, 3.63) is 35.4 Å². The van der Waals surface area contributed by atoms with Gasteiger partial charge in [0, 0.05) is 12.2 Å². The van der Waals surface area contributed by atoms with Gasteiger partial charge in [0.2, 0.25) is 0 Å². The van der Waals surface area contributed by atoms with Gasteiger partial charge in [-0.1, -0.05) is 18.2 Å². The minimum atomic E-state index is -1.07. The number of carboxylic acid groups (broad SMARTS) is 1. The molecule has 1 aliphatic rings. The molecule has 0 fully saturated rings. The number of aromatic carboxylic acids is 1. The Hall–Kier alpha value is -2.01. The van der Waals surface area contributed by atoms with E-state index in [0.717, 1.165) is 12.1 Å². The fraction of sp³-hybridized carbons (Fsp3) is 0.308. The molecule has 1 unspecified atom stereocenters. The van der Waals surface area contributed by atoms with Crippen LogP contribution in [0.1, 0.15) is 15.9 Å². The molecule has 0 saturated heterocycles. The highest BCUT2D eigenvalue weighted by Crippen LogP contribution is 2.28. The van der Waals surface area contributed by atoms with Crippen LogP contribution >= 0.6 is 0 Å². The number of aryl methyl sites for hydroxylation is 1. The predicted octanol–water partition coefficient (Wildman–Crippen LogP) is 1.18. The SMILES string of the molecule is Cc1ccc(N)c(C(=O)O)c1OCC1C=CCN1. The van der Waals surface area contributed by atoms with Gasteiger partial charge in [0.25, 0.3) is 0 Å². The Labute approximate surface area is 105 Å². The van der Waals surface area contributed by atoms with Crippen molar-refractivity contribution in [3.63, 3.8) is 0 Å². The lowest BCUT2D eigenvalue weighted by Gasteiger charge is -2.16. The second kappa shape index (κ2) is 5.10. The van der Waals surface area contributed by atoms with E-state index in [2.05, 4.69) is 5.32 Å². The summed E-state index contributed by atoms with van der Waals surface area (Å²) in [5.74, 6) is -0.717. The summed E-state index contributed by atoms with van der Waals surface area (Å²) in [4.78, 5) is 11.2. The van der Waals surface area contributed by atoms with Crippen molar-refractivity contribution in [1.29, 1.82) is 0 Å². The van der Waals surface area contributed by atoms with Gasteiger partial charge in [-0.05, 0) is 18.6 Å². The van der Waals surface area contributed by atoms with Crippen molar-refractivity contribution in [2.75, 3.05) is 18.9 Å². The van der Waals surface area contributed by atoms with Gasteiger partial charge in [-0.25, -0.2) is 4.79 Å². The maximum absolute atomic E-state index is 11.2. The molecule has 2 rings (SSSR count). The first-order valence-electron chi connectivity index (χ1n) is 5.75. The van der Waals surface area contributed by atoms with Crippen LogP contribution in [0.15, 0.2) is 24.3 Å². The van der Waals surface area contributed by atoms with E-state index in [9.17, 15) is 9.90 Å². The maximum Gasteiger partial charge on any atom is 0.341 e. The van der Waals surface area contributed by atoms with Gasteiger partial charge < -0.3 is 20.9 Å². The first-order chi connectivity index (χ1) is 8.59. The Kier molecular flexibility index (Phi) is 3.53. The lowest BCUT2D eigenvalue weighted by atomic mass is 10.1. The monoisotopic (exact) mass is 248 g/mol. The molecular formula is C13H16N2O3. The fourth-order valence-corrected chi connectivity index (χ4v) is 1.92. The molecule has 0 aliphatic carbocycles. The van der Waals surface area contributed by atoms with Crippen molar-refractivity contribution in [3.8, 4) is 5.75 Å². The first kappa shape index (κ1) is 12.4. The molecule has 0 bridgehead atoms. The summed E-state index contributed by atoms with van der Waals surface area (Å²) >= 11 is 0. The largest absolute Gasteiger partial charge is 0.490 e. The van der Waals surface area contributed by atoms with Crippen LogP contribution < -0.4 is 15.8 Å². The smallest absolute Gasteiger partial charge is 0.341 e. The number of ether oxygens (including phenoxy) is 1. The number of carboxylic acids is 1. The zero-order valence-corrected chi connectivity index (χ0v) is 10.1. The van der Waals surface area contributed by atoms with Gasteiger partial charge in [0.05, 0.1) is 6.04 Å². The van der Waals surface area contributed by atoms with Crippen molar-refractivity contribution in [1.82, 2.24) is 5.32 Å². The van der Waals surface area contributed by atoms with Crippen molar-refractivity contribution >= 4 is 11.7 Å². The maximum atomic E-state index is 11.2. The molecule has 1 atom stereocenters. The number of rotatable bonds is 4. The predicted molar refractivity (Wildman–Crippen MR) is 69.0 cm³/mol. The molecule has 5 heteroatoms. The minimum Gasteiger partial charge on any atom is -0.490 e. The Morgan fingerprint density at radius 3 is 3.00 bits per heavy atom. The Balaban J connectivity index is 2.22. The van der Waals surface area contributed by atoms with Crippen LogP contribution in [0.5, 0.6) is 5.75 Å². The van der Waals surface area contributed by atoms with Crippen LogP contribution in [0.3, 0.4) is 0 Å². The summed E-state index contributed by atoms with van der Waals surface area (Å²) < 4.78 is 5.62. The van der Waals surface area contributed by atoms with Crippen molar-refractivity contribution < 1.29 is 14.6 Å². The van der Waals surface area contributed by atoms with E-state index < -0.39 is 5.97 Å². The van der Waals surface area contributed by atoms with Gasteiger partial charge in [0.15, 0.2) is 0 Å². The Morgan fingerprint density at radius 2 is 2.39 bits per heavy atom. The fourth-order valence-electron chi connectivity index (χ4n) is 1.92. The van der Waals surface area contributed by atoms with E-state index in [0.29, 0.717) is 12.4 Å². The summed E-state index contributed by atoms with van der Waals surface area (Å²) in [6.45, 7) is 3.01. The number of nitrogens with two attached hydrogens (primary N) is 1. The highest BCUT2D eigenvalue weighted by atomic mass is 16.5. The molecule has 1 heterocycles. The lowest BCUT2D eigenvalue weighted by molar-refractivity contribution is 0.0693. The molecule has 18 heavy (non-hydrogen) atoms. The summed E-state index contributed by atoms with van der Waals surface area (Å²) in [7, 11) is 0. The topological polar surface area (TPSA) is 84.6 Å². The minimum absolute atomic E-state index is 0.0389. The first-order valence-corrected chi connectivity index (χ1v) is 5.75. The molecule has 4 N–H and O–H groups in total. The Morgan fingerprint density at radius 1 is 1.61 bits per heavy atom. The number of carbonyl (C=O) groups is 1. The van der Waals surface area contributed by atoms with Gasteiger partial charge in [-0.15, -0.1) is 0 Å². The van der Waals surface area contributed by atoms with E-state index in [-0.39, 0.29) is 17.3 Å². The van der Waals surface area contributed by atoms with Crippen molar-refractivity contribution in [2.24, 2.45) is 0 Å². The van der Waals surface area contributed by atoms with E-state index >= 15 is 0 Å². The molecule has 0 radical (unpaired) electrons. The van der Waals surface area contributed by atoms with Crippen LogP contribution in [0.25, 0.3) is 0 Å². The summed E-state index contributed by atoms with van der Waals surface area (Å²) in [6, 6.07) is 3.46. The molecule has 1 aromatic carbocycles. The number of hydrogen-bond acceptors (Lipinski definition) is 4. The number of benzene rings is 1. The van der Waals surface area contributed by atoms with Gasteiger partial charge in [-0.2, -0.15) is 0 Å². The average molecular weight is 248 g/mol. The van der Waals surface area contributed by atoms with Crippen LogP contribution in [0.2, 0.25) is 0 Å². The molecule has 0 aromatic heterocycles. The zero-order chi connectivity index (χ0) is 13.1.